The molecule has 4 aromatic rings. The zero-order valence-electron chi connectivity index (χ0n) is 13.4. The van der Waals surface area contributed by atoms with E-state index < -0.39 is 0 Å². The largest absolute Gasteiger partial charge is 0.390 e. The number of aromatic nitrogens is 4. The van der Waals surface area contributed by atoms with Gasteiger partial charge in [-0.1, -0.05) is 13.3 Å². The van der Waals surface area contributed by atoms with E-state index in [4.69, 9.17) is 4.98 Å². The number of nitrogens with zero attached hydrogens (tertiary/aromatic N) is 4. The van der Waals surface area contributed by atoms with E-state index in [0.29, 0.717) is 6.54 Å². The zero-order valence-corrected chi connectivity index (χ0v) is 15.0. The molecule has 1 N–H and O–H groups in total. The normalized spacial score (nSPS) is 11.8. The van der Waals surface area contributed by atoms with E-state index >= 15 is 0 Å². The summed E-state index contributed by atoms with van der Waals surface area (Å²) in [4.78, 5) is 13.9. The Morgan fingerprint density at radius 2 is 2.12 bits per heavy atom. The first-order valence-electron chi connectivity index (χ1n) is 8.05. The molecule has 0 atom stereocenters. The molecule has 0 aliphatic carbocycles. The van der Waals surface area contributed by atoms with Crippen LogP contribution in [0.4, 0.5) is 0 Å². The van der Waals surface area contributed by atoms with Crippen molar-refractivity contribution in [3.63, 3.8) is 0 Å². The van der Waals surface area contributed by atoms with Gasteiger partial charge in [0.2, 0.25) is 0 Å². The molecule has 0 fully saturated rings. The molecule has 0 spiro atoms. The highest BCUT2D eigenvalue weighted by molar-refractivity contribution is 7.18. The van der Waals surface area contributed by atoms with Crippen LogP contribution in [0.1, 0.15) is 36.3 Å². The van der Waals surface area contributed by atoms with Gasteiger partial charge in [-0.3, -0.25) is 4.98 Å². The number of unbranched alkanes of at least 4 members (excludes halogenated alkanes) is 1. The lowest BCUT2D eigenvalue weighted by molar-refractivity contribution is 0.277. The summed E-state index contributed by atoms with van der Waals surface area (Å²) in [5, 5.41) is 14.2. The highest BCUT2D eigenvalue weighted by atomic mass is 32.1. The Labute approximate surface area is 147 Å². The van der Waals surface area contributed by atoms with Gasteiger partial charge in [0, 0.05) is 11.8 Å². The van der Waals surface area contributed by atoms with Crippen molar-refractivity contribution in [2.45, 2.75) is 39.3 Å². The Balaban J connectivity index is 1.86. The van der Waals surface area contributed by atoms with Crippen molar-refractivity contribution in [2.24, 2.45) is 0 Å². The van der Waals surface area contributed by atoms with E-state index in [1.807, 2.05) is 11.6 Å². The first-order chi connectivity index (χ1) is 11.8. The number of aliphatic hydroxyl groups excluding tert-OH is 1. The molecule has 4 rings (SSSR count). The third-order valence-electron chi connectivity index (χ3n) is 4.07. The van der Waals surface area contributed by atoms with Gasteiger partial charge in [0.05, 0.1) is 40.8 Å². The molecule has 7 heteroatoms. The second-order valence-corrected chi connectivity index (χ2v) is 7.59. The Hall–Kier alpha value is -1.83. The predicted octanol–water partition coefficient (Wildman–Crippen LogP) is 3.99. The smallest absolute Gasteiger partial charge is 0.113 e. The van der Waals surface area contributed by atoms with Crippen LogP contribution in [-0.4, -0.2) is 24.6 Å². The van der Waals surface area contributed by atoms with Crippen molar-refractivity contribution in [1.82, 2.24) is 19.5 Å². The van der Waals surface area contributed by atoms with Crippen LogP contribution in [0.3, 0.4) is 0 Å². The molecule has 0 aliphatic heterocycles. The minimum atomic E-state index is -0.0110. The molecule has 4 aromatic heterocycles. The van der Waals surface area contributed by atoms with Gasteiger partial charge in [0.25, 0.3) is 0 Å². The fourth-order valence-electron chi connectivity index (χ4n) is 2.89. The van der Waals surface area contributed by atoms with Crippen LogP contribution in [0, 0.1) is 0 Å². The molecule has 5 nitrogen and oxygen atoms in total. The highest BCUT2D eigenvalue weighted by Gasteiger charge is 2.16. The molecule has 0 saturated carbocycles. The average molecular weight is 358 g/mol. The van der Waals surface area contributed by atoms with E-state index in [2.05, 4.69) is 32.9 Å². The number of rotatable bonds is 6. The Kier molecular flexibility index (Phi) is 4.30. The molecule has 0 amide bonds. The van der Waals surface area contributed by atoms with Gasteiger partial charge in [-0.25, -0.2) is 9.97 Å². The molecular weight excluding hydrogens is 340 g/mol. The summed E-state index contributed by atoms with van der Waals surface area (Å²) < 4.78 is 3.47. The van der Waals surface area contributed by atoms with Crippen LogP contribution in [0.2, 0.25) is 0 Å². The molecule has 0 saturated heterocycles. The van der Waals surface area contributed by atoms with E-state index in [-0.39, 0.29) is 6.61 Å². The van der Waals surface area contributed by atoms with Gasteiger partial charge in [-0.2, -0.15) is 0 Å². The summed E-state index contributed by atoms with van der Waals surface area (Å²) >= 11 is 3.30. The minimum Gasteiger partial charge on any atom is -0.390 e. The van der Waals surface area contributed by atoms with Crippen LogP contribution in [0.15, 0.2) is 23.0 Å². The van der Waals surface area contributed by atoms with E-state index in [9.17, 15) is 5.11 Å². The number of thiophene rings is 1. The molecule has 24 heavy (non-hydrogen) atoms. The number of hydrogen-bond acceptors (Lipinski definition) is 6. The predicted molar refractivity (Wildman–Crippen MR) is 98.7 cm³/mol. The average Bonchev–Trinajstić information content (AvgIpc) is 3.31. The first kappa shape index (κ1) is 15.7. The topological polar surface area (TPSA) is 63.8 Å². The van der Waals surface area contributed by atoms with Crippen molar-refractivity contribution >= 4 is 43.9 Å². The van der Waals surface area contributed by atoms with E-state index in [1.165, 1.54) is 4.70 Å². The maximum Gasteiger partial charge on any atom is 0.113 e. The van der Waals surface area contributed by atoms with E-state index in [1.54, 1.807) is 22.7 Å². The van der Waals surface area contributed by atoms with Gasteiger partial charge < -0.3 is 9.67 Å². The first-order valence-corrected chi connectivity index (χ1v) is 9.81. The zero-order chi connectivity index (χ0) is 16.5. The Bertz CT molecular complexity index is 985. The third kappa shape index (κ3) is 2.72. The summed E-state index contributed by atoms with van der Waals surface area (Å²) in [5.74, 6) is 1.09. The second kappa shape index (κ2) is 6.58. The molecular formula is C17H18N4OS2. The lowest BCUT2D eigenvalue weighted by Crippen LogP contribution is -2.05. The summed E-state index contributed by atoms with van der Waals surface area (Å²) in [6, 6.07) is 2.05. The summed E-state index contributed by atoms with van der Waals surface area (Å²) in [5.41, 5.74) is 3.86. The van der Waals surface area contributed by atoms with Crippen molar-refractivity contribution in [3.8, 4) is 0 Å². The molecule has 0 radical (unpaired) electrons. The lowest BCUT2D eigenvalue weighted by Gasteiger charge is -2.07. The van der Waals surface area contributed by atoms with Crippen LogP contribution in [0.5, 0.6) is 0 Å². The monoisotopic (exact) mass is 358 g/mol. The fourth-order valence-corrected chi connectivity index (χ4v) is 4.56. The molecule has 0 unspecified atom stereocenters. The minimum absolute atomic E-state index is 0.0110. The molecule has 0 aromatic carbocycles. The van der Waals surface area contributed by atoms with Gasteiger partial charge >= 0.3 is 0 Å². The summed E-state index contributed by atoms with van der Waals surface area (Å²) in [6.45, 7) is 2.88. The maximum absolute atomic E-state index is 9.25. The standard InChI is InChI=1S/C17H18N4OS2/c1-2-3-4-14-20-13-7-18-12-5-6-23-17(12)16(13)21(14)8-15-19-11(9-22)10-24-15/h5-7,10,22H,2-4,8-9H2,1H3. The number of pyridine rings is 1. The van der Waals surface area contributed by atoms with Crippen LogP contribution >= 0.6 is 22.7 Å². The number of imidazole rings is 1. The van der Waals surface area contributed by atoms with Gasteiger partial charge in [0.1, 0.15) is 16.3 Å². The molecule has 4 heterocycles. The maximum atomic E-state index is 9.25. The van der Waals surface area contributed by atoms with Crippen LogP contribution in [-0.2, 0) is 19.6 Å². The quantitative estimate of drug-likeness (QED) is 0.566. The van der Waals surface area contributed by atoms with E-state index in [0.717, 1.165) is 52.3 Å². The Morgan fingerprint density at radius 1 is 1.21 bits per heavy atom. The summed E-state index contributed by atoms with van der Waals surface area (Å²) in [6.07, 6.45) is 5.08. The van der Waals surface area contributed by atoms with Crippen molar-refractivity contribution in [2.75, 3.05) is 0 Å². The van der Waals surface area contributed by atoms with Gasteiger partial charge in [0.15, 0.2) is 0 Å². The highest BCUT2D eigenvalue weighted by Crippen LogP contribution is 2.30. The van der Waals surface area contributed by atoms with Crippen molar-refractivity contribution in [3.05, 3.63) is 39.5 Å². The number of fused-ring (bicyclic) bond motifs is 3. The third-order valence-corrected chi connectivity index (χ3v) is 5.86. The molecule has 124 valence electrons. The number of aryl methyl sites for hydroxylation is 1. The van der Waals surface area contributed by atoms with Gasteiger partial charge in [-0.15, -0.1) is 22.7 Å². The fraction of sp³-hybridized carbons (Fsp3) is 0.353. The molecule has 0 bridgehead atoms. The number of aliphatic hydroxyl groups is 1. The number of thiazole rings is 1. The van der Waals surface area contributed by atoms with Gasteiger partial charge in [-0.05, 0) is 17.9 Å². The second-order valence-electron chi connectivity index (χ2n) is 5.74. The lowest BCUT2D eigenvalue weighted by atomic mass is 10.2. The van der Waals surface area contributed by atoms with Crippen LogP contribution < -0.4 is 0 Å². The van der Waals surface area contributed by atoms with Crippen molar-refractivity contribution < 1.29 is 5.11 Å². The Morgan fingerprint density at radius 3 is 2.92 bits per heavy atom. The van der Waals surface area contributed by atoms with Crippen molar-refractivity contribution in [1.29, 1.82) is 0 Å². The molecule has 0 aliphatic rings. The van der Waals surface area contributed by atoms with Crippen LogP contribution in [0.25, 0.3) is 21.3 Å². The summed E-state index contributed by atoms with van der Waals surface area (Å²) in [7, 11) is 0. The number of hydrogen-bond donors (Lipinski definition) is 1. The SMILES string of the molecule is CCCCc1nc2cnc3ccsc3c2n1Cc1nc(CO)cs1.